The maximum absolute atomic E-state index is 12.4. The zero-order valence-electron chi connectivity index (χ0n) is 13.5. The van der Waals surface area contributed by atoms with Crippen LogP contribution in [0.5, 0.6) is 5.75 Å². The Morgan fingerprint density at radius 3 is 2.43 bits per heavy atom. The van der Waals surface area contributed by atoms with Crippen molar-refractivity contribution in [2.45, 2.75) is 51.1 Å². The van der Waals surface area contributed by atoms with Gasteiger partial charge in [-0.3, -0.25) is 0 Å². The molecule has 0 spiro atoms. The van der Waals surface area contributed by atoms with Gasteiger partial charge in [0.15, 0.2) is 0 Å². The summed E-state index contributed by atoms with van der Waals surface area (Å²) in [6.07, 6.45) is 1.02. The minimum absolute atomic E-state index is 0.256. The Labute approximate surface area is 128 Å². The van der Waals surface area contributed by atoms with E-state index in [0.29, 0.717) is 12.3 Å². The lowest BCUT2D eigenvalue weighted by molar-refractivity contribution is 0.407. The van der Waals surface area contributed by atoms with E-state index in [1.165, 1.54) is 0 Å². The number of rotatable bonds is 7. The first-order valence-electron chi connectivity index (χ1n) is 7.11. The molecule has 21 heavy (non-hydrogen) atoms. The summed E-state index contributed by atoms with van der Waals surface area (Å²) in [5, 5.41) is 3.26. The highest BCUT2D eigenvalue weighted by Crippen LogP contribution is 2.23. The van der Waals surface area contributed by atoms with Gasteiger partial charge in [0.1, 0.15) is 5.75 Å². The first-order chi connectivity index (χ1) is 9.69. The maximum atomic E-state index is 12.4. The standard InChI is InChI=1S/C15H26N2O3S/c1-6-9-16-11-12-10-13(7-8-14(12)20-5)21(18,19)17-15(2,3)4/h7-8,10,16-17H,6,9,11H2,1-5H3. The molecule has 0 heterocycles. The van der Waals surface area contributed by atoms with Gasteiger partial charge >= 0.3 is 0 Å². The van der Waals surface area contributed by atoms with Crippen LogP contribution in [0, 0.1) is 0 Å². The molecule has 0 aliphatic heterocycles. The Kier molecular flexibility index (Phi) is 6.19. The molecule has 0 atom stereocenters. The second-order valence-electron chi connectivity index (χ2n) is 6.01. The van der Waals surface area contributed by atoms with Gasteiger partial charge in [-0.1, -0.05) is 6.92 Å². The van der Waals surface area contributed by atoms with Crippen LogP contribution in [0.2, 0.25) is 0 Å². The van der Waals surface area contributed by atoms with Crippen molar-refractivity contribution in [2.24, 2.45) is 0 Å². The topological polar surface area (TPSA) is 67.4 Å². The molecule has 6 heteroatoms. The molecule has 0 aliphatic rings. The summed E-state index contributed by atoms with van der Waals surface area (Å²) in [4.78, 5) is 0.256. The van der Waals surface area contributed by atoms with Gasteiger partial charge in [0, 0.05) is 17.6 Å². The van der Waals surface area contributed by atoms with Crippen LogP contribution in [0.3, 0.4) is 0 Å². The van der Waals surface area contributed by atoms with Gasteiger partial charge < -0.3 is 10.1 Å². The first kappa shape index (κ1) is 17.9. The highest BCUT2D eigenvalue weighted by atomic mass is 32.2. The zero-order valence-corrected chi connectivity index (χ0v) is 14.3. The lowest BCUT2D eigenvalue weighted by Gasteiger charge is -2.21. The minimum Gasteiger partial charge on any atom is -0.496 e. The molecule has 0 unspecified atom stereocenters. The van der Waals surface area contributed by atoms with Crippen LogP contribution in [-0.4, -0.2) is 27.6 Å². The Hall–Kier alpha value is -1.11. The van der Waals surface area contributed by atoms with Crippen molar-refractivity contribution in [2.75, 3.05) is 13.7 Å². The zero-order chi connectivity index (χ0) is 16.1. The van der Waals surface area contributed by atoms with Crippen molar-refractivity contribution in [3.8, 4) is 5.75 Å². The van der Waals surface area contributed by atoms with Crippen molar-refractivity contribution >= 4 is 10.0 Å². The molecule has 0 aromatic heterocycles. The minimum atomic E-state index is -3.53. The Morgan fingerprint density at radius 1 is 1.24 bits per heavy atom. The SMILES string of the molecule is CCCNCc1cc(S(=O)(=O)NC(C)(C)C)ccc1OC. The number of ether oxygens (including phenoxy) is 1. The van der Waals surface area contributed by atoms with Crippen LogP contribution in [0.1, 0.15) is 39.7 Å². The van der Waals surface area contributed by atoms with Crippen molar-refractivity contribution in [1.29, 1.82) is 0 Å². The van der Waals surface area contributed by atoms with Gasteiger partial charge in [-0.15, -0.1) is 0 Å². The van der Waals surface area contributed by atoms with E-state index in [-0.39, 0.29) is 4.90 Å². The number of sulfonamides is 1. The van der Waals surface area contributed by atoms with Gasteiger partial charge in [0.25, 0.3) is 0 Å². The van der Waals surface area contributed by atoms with Crippen LogP contribution >= 0.6 is 0 Å². The first-order valence-corrected chi connectivity index (χ1v) is 8.59. The molecule has 1 aromatic rings. The average Bonchev–Trinajstić information content (AvgIpc) is 2.36. The largest absolute Gasteiger partial charge is 0.496 e. The molecule has 2 N–H and O–H groups in total. The molecular formula is C15H26N2O3S. The lowest BCUT2D eigenvalue weighted by atomic mass is 10.1. The smallest absolute Gasteiger partial charge is 0.241 e. The van der Waals surface area contributed by atoms with Gasteiger partial charge in [-0.05, 0) is 51.9 Å². The Bertz CT molecular complexity index is 563. The van der Waals surface area contributed by atoms with Crippen LogP contribution in [0.15, 0.2) is 23.1 Å². The van der Waals surface area contributed by atoms with Crippen LogP contribution in [0.25, 0.3) is 0 Å². The summed E-state index contributed by atoms with van der Waals surface area (Å²) >= 11 is 0. The van der Waals surface area contributed by atoms with Crippen molar-refractivity contribution < 1.29 is 13.2 Å². The third kappa shape index (κ3) is 5.65. The molecule has 0 fully saturated rings. The highest BCUT2D eigenvalue weighted by Gasteiger charge is 2.22. The predicted molar refractivity (Wildman–Crippen MR) is 85.1 cm³/mol. The van der Waals surface area contributed by atoms with Gasteiger partial charge in [0.2, 0.25) is 10.0 Å². The van der Waals surface area contributed by atoms with E-state index in [0.717, 1.165) is 18.5 Å². The summed E-state index contributed by atoms with van der Waals surface area (Å²) < 4.78 is 32.7. The van der Waals surface area contributed by atoms with Crippen LogP contribution < -0.4 is 14.8 Å². The fourth-order valence-electron chi connectivity index (χ4n) is 1.92. The summed E-state index contributed by atoms with van der Waals surface area (Å²) in [6.45, 7) is 8.99. The Morgan fingerprint density at radius 2 is 1.90 bits per heavy atom. The Balaban J connectivity index is 3.06. The number of hydrogen-bond donors (Lipinski definition) is 2. The van der Waals surface area contributed by atoms with Crippen LogP contribution in [0.4, 0.5) is 0 Å². The quantitative estimate of drug-likeness (QED) is 0.758. The lowest BCUT2D eigenvalue weighted by Crippen LogP contribution is -2.40. The van der Waals surface area contributed by atoms with E-state index in [1.807, 2.05) is 20.8 Å². The molecule has 0 aliphatic carbocycles. The summed E-state index contributed by atoms with van der Waals surface area (Å²) in [7, 11) is -1.95. The molecule has 0 amide bonds. The highest BCUT2D eigenvalue weighted by molar-refractivity contribution is 7.89. The molecule has 0 bridgehead atoms. The second kappa shape index (κ2) is 7.24. The van der Waals surface area contributed by atoms with E-state index >= 15 is 0 Å². The monoisotopic (exact) mass is 314 g/mol. The summed E-state index contributed by atoms with van der Waals surface area (Å²) in [5.41, 5.74) is 0.321. The average molecular weight is 314 g/mol. The molecule has 0 saturated carbocycles. The third-order valence-electron chi connectivity index (χ3n) is 2.74. The van der Waals surface area contributed by atoms with E-state index in [9.17, 15) is 8.42 Å². The van der Waals surface area contributed by atoms with Crippen molar-refractivity contribution in [3.63, 3.8) is 0 Å². The fourth-order valence-corrected chi connectivity index (χ4v) is 3.39. The van der Waals surface area contributed by atoms with E-state index < -0.39 is 15.6 Å². The molecule has 0 radical (unpaired) electrons. The maximum Gasteiger partial charge on any atom is 0.241 e. The van der Waals surface area contributed by atoms with Crippen LogP contribution in [-0.2, 0) is 16.6 Å². The summed E-state index contributed by atoms with van der Waals surface area (Å²) in [6, 6.07) is 4.92. The summed E-state index contributed by atoms with van der Waals surface area (Å²) in [5.74, 6) is 0.688. The van der Waals surface area contributed by atoms with E-state index in [4.69, 9.17) is 4.74 Å². The molecule has 1 rings (SSSR count). The number of hydrogen-bond acceptors (Lipinski definition) is 4. The van der Waals surface area contributed by atoms with E-state index in [2.05, 4.69) is 17.0 Å². The van der Waals surface area contributed by atoms with Gasteiger partial charge in [-0.2, -0.15) is 0 Å². The van der Waals surface area contributed by atoms with E-state index in [1.54, 1.807) is 25.3 Å². The number of benzene rings is 1. The van der Waals surface area contributed by atoms with Gasteiger partial charge in [-0.25, -0.2) is 13.1 Å². The normalized spacial score (nSPS) is 12.4. The van der Waals surface area contributed by atoms with Crippen molar-refractivity contribution in [1.82, 2.24) is 10.0 Å². The second-order valence-corrected chi connectivity index (χ2v) is 7.69. The molecule has 0 saturated heterocycles. The molecule has 1 aromatic carbocycles. The number of methoxy groups -OCH3 is 1. The predicted octanol–water partition coefficient (Wildman–Crippen LogP) is 2.27. The van der Waals surface area contributed by atoms with Crippen molar-refractivity contribution in [3.05, 3.63) is 23.8 Å². The number of nitrogens with one attached hydrogen (secondary N) is 2. The molecular weight excluding hydrogens is 288 g/mol. The van der Waals surface area contributed by atoms with Gasteiger partial charge in [0.05, 0.1) is 12.0 Å². The third-order valence-corrected chi connectivity index (χ3v) is 4.50. The molecule has 120 valence electrons. The fraction of sp³-hybridized carbons (Fsp3) is 0.600. The molecule has 5 nitrogen and oxygen atoms in total.